The lowest BCUT2D eigenvalue weighted by molar-refractivity contribution is 0.525. The lowest BCUT2D eigenvalue weighted by Gasteiger charge is -2.18. The van der Waals surface area contributed by atoms with Crippen LogP contribution in [-0.2, 0) is 6.42 Å². The van der Waals surface area contributed by atoms with E-state index in [0.717, 1.165) is 30.5 Å². The number of rotatable bonds is 6. The normalized spacial score (nSPS) is 12.3. The summed E-state index contributed by atoms with van der Waals surface area (Å²) in [7, 11) is 0. The van der Waals surface area contributed by atoms with Gasteiger partial charge in [0.1, 0.15) is 5.82 Å². The van der Waals surface area contributed by atoms with Gasteiger partial charge in [0.2, 0.25) is 0 Å². The third-order valence-electron chi connectivity index (χ3n) is 3.07. The van der Waals surface area contributed by atoms with Gasteiger partial charge in [-0.05, 0) is 64.6 Å². The lowest BCUT2D eigenvalue weighted by Crippen LogP contribution is -2.24. The number of benzene rings is 1. The van der Waals surface area contributed by atoms with Crippen molar-refractivity contribution in [3.05, 3.63) is 58.1 Å². The highest BCUT2D eigenvalue weighted by atomic mass is 79.9. The van der Waals surface area contributed by atoms with Gasteiger partial charge in [0.05, 0.1) is 10.7 Å². The Morgan fingerprint density at radius 2 is 2.15 bits per heavy atom. The molecule has 0 saturated heterocycles. The molecular formula is C15H17BrFN3. The van der Waals surface area contributed by atoms with Crippen LogP contribution in [0.2, 0.25) is 0 Å². The van der Waals surface area contributed by atoms with E-state index in [2.05, 4.69) is 38.4 Å². The van der Waals surface area contributed by atoms with Gasteiger partial charge in [0, 0.05) is 12.2 Å². The minimum atomic E-state index is -0.239. The van der Waals surface area contributed by atoms with E-state index in [1.165, 1.54) is 6.07 Å². The Balaban J connectivity index is 2.17. The number of nitrogens with zero attached hydrogens (tertiary/aromatic N) is 2. The molecule has 1 heterocycles. The second-order valence-corrected chi connectivity index (χ2v) is 5.49. The van der Waals surface area contributed by atoms with Gasteiger partial charge in [-0.2, -0.15) is 10.2 Å². The predicted molar refractivity (Wildman–Crippen MR) is 80.9 cm³/mol. The first-order valence-corrected chi connectivity index (χ1v) is 7.44. The molecule has 1 N–H and O–H groups in total. The van der Waals surface area contributed by atoms with Gasteiger partial charge in [0.15, 0.2) is 0 Å². The van der Waals surface area contributed by atoms with E-state index in [1.807, 2.05) is 18.2 Å². The summed E-state index contributed by atoms with van der Waals surface area (Å²) < 4.78 is 13.8. The molecule has 0 saturated carbocycles. The number of hydrogen-bond acceptors (Lipinski definition) is 3. The lowest BCUT2D eigenvalue weighted by atomic mass is 10.0. The molecule has 0 radical (unpaired) electrons. The fourth-order valence-electron chi connectivity index (χ4n) is 2.04. The van der Waals surface area contributed by atoms with Crippen LogP contribution in [0.4, 0.5) is 4.39 Å². The molecule has 3 nitrogen and oxygen atoms in total. The molecule has 20 heavy (non-hydrogen) atoms. The molecule has 0 aliphatic rings. The predicted octanol–water partition coefficient (Wildman–Crippen LogP) is 3.66. The van der Waals surface area contributed by atoms with E-state index < -0.39 is 0 Å². The van der Waals surface area contributed by atoms with Gasteiger partial charge in [-0.1, -0.05) is 13.0 Å². The highest BCUT2D eigenvalue weighted by Crippen LogP contribution is 2.22. The fourth-order valence-corrected chi connectivity index (χ4v) is 2.46. The quantitative estimate of drug-likeness (QED) is 0.873. The van der Waals surface area contributed by atoms with Crippen molar-refractivity contribution in [3.8, 4) is 0 Å². The van der Waals surface area contributed by atoms with Gasteiger partial charge in [-0.15, -0.1) is 0 Å². The van der Waals surface area contributed by atoms with Crippen molar-refractivity contribution in [1.29, 1.82) is 0 Å². The molecule has 1 atom stereocenters. The topological polar surface area (TPSA) is 37.8 Å². The highest BCUT2D eigenvalue weighted by molar-refractivity contribution is 9.10. The zero-order valence-electron chi connectivity index (χ0n) is 11.3. The Labute approximate surface area is 126 Å². The fraction of sp³-hybridized carbons (Fsp3) is 0.333. The van der Waals surface area contributed by atoms with Gasteiger partial charge < -0.3 is 5.32 Å². The van der Waals surface area contributed by atoms with Crippen molar-refractivity contribution < 1.29 is 4.39 Å². The maximum absolute atomic E-state index is 13.3. The molecule has 0 aliphatic carbocycles. The molecule has 0 fully saturated rings. The molecule has 1 aromatic heterocycles. The van der Waals surface area contributed by atoms with Crippen LogP contribution in [0.15, 0.2) is 41.1 Å². The van der Waals surface area contributed by atoms with E-state index in [9.17, 15) is 4.39 Å². The Morgan fingerprint density at radius 1 is 1.30 bits per heavy atom. The molecule has 0 bridgehead atoms. The number of halogens is 2. The molecule has 2 rings (SSSR count). The summed E-state index contributed by atoms with van der Waals surface area (Å²) in [6.07, 6.45) is 5.30. The SMILES string of the molecule is CCCNC(Cc1ccc(F)c(Br)c1)c1ccnnc1. The standard InChI is InChI=1S/C15H17BrFN3/c1-2-6-18-15(12-5-7-19-20-10-12)9-11-3-4-14(17)13(16)8-11/h3-5,7-8,10,15,18H,2,6,9H2,1H3. The molecule has 0 aliphatic heterocycles. The van der Waals surface area contributed by atoms with Crippen LogP contribution in [0.1, 0.15) is 30.5 Å². The number of nitrogens with one attached hydrogen (secondary N) is 1. The first kappa shape index (κ1) is 15.1. The Morgan fingerprint density at radius 3 is 2.80 bits per heavy atom. The molecule has 0 amide bonds. The largest absolute Gasteiger partial charge is 0.310 e. The van der Waals surface area contributed by atoms with Crippen molar-refractivity contribution in [2.45, 2.75) is 25.8 Å². The summed E-state index contributed by atoms with van der Waals surface area (Å²) in [6.45, 7) is 3.05. The summed E-state index contributed by atoms with van der Waals surface area (Å²) in [5.41, 5.74) is 2.16. The maximum Gasteiger partial charge on any atom is 0.137 e. The van der Waals surface area contributed by atoms with Crippen LogP contribution in [0.5, 0.6) is 0 Å². The third kappa shape index (κ3) is 4.08. The molecule has 2 aromatic rings. The smallest absolute Gasteiger partial charge is 0.137 e. The van der Waals surface area contributed by atoms with Crippen molar-refractivity contribution in [1.82, 2.24) is 15.5 Å². The number of hydrogen-bond donors (Lipinski definition) is 1. The monoisotopic (exact) mass is 337 g/mol. The first-order chi connectivity index (χ1) is 9.70. The van der Waals surface area contributed by atoms with Crippen molar-refractivity contribution >= 4 is 15.9 Å². The van der Waals surface area contributed by atoms with E-state index in [4.69, 9.17) is 0 Å². The summed E-state index contributed by atoms with van der Waals surface area (Å²) in [4.78, 5) is 0. The molecule has 1 aromatic carbocycles. The Kier molecular flexibility index (Phi) is 5.61. The average molecular weight is 338 g/mol. The van der Waals surface area contributed by atoms with Crippen LogP contribution in [0, 0.1) is 5.82 Å². The van der Waals surface area contributed by atoms with Crippen LogP contribution in [0.3, 0.4) is 0 Å². The van der Waals surface area contributed by atoms with Crippen LogP contribution in [0.25, 0.3) is 0 Å². The molecule has 106 valence electrons. The molecule has 5 heteroatoms. The van der Waals surface area contributed by atoms with Gasteiger partial charge in [-0.25, -0.2) is 4.39 Å². The summed E-state index contributed by atoms with van der Waals surface area (Å²) >= 11 is 3.23. The van der Waals surface area contributed by atoms with Crippen molar-refractivity contribution in [2.75, 3.05) is 6.54 Å². The van der Waals surface area contributed by atoms with E-state index in [1.54, 1.807) is 12.4 Å². The second-order valence-electron chi connectivity index (χ2n) is 4.64. The molecular weight excluding hydrogens is 321 g/mol. The van der Waals surface area contributed by atoms with Gasteiger partial charge in [0.25, 0.3) is 0 Å². The summed E-state index contributed by atoms with van der Waals surface area (Å²) in [5, 5.41) is 11.2. The minimum absolute atomic E-state index is 0.155. The van der Waals surface area contributed by atoms with Gasteiger partial charge in [-0.3, -0.25) is 0 Å². The zero-order chi connectivity index (χ0) is 14.4. The maximum atomic E-state index is 13.3. The van der Waals surface area contributed by atoms with Crippen LogP contribution >= 0.6 is 15.9 Å². The molecule has 0 spiro atoms. The average Bonchev–Trinajstić information content (AvgIpc) is 2.48. The summed E-state index contributed by atoms with van der Waals surface area (Å²) in [5.74, 6) is -0.239. The van der Waals surface area contributed by atoms with Crippen molar-refractivity contribution in [2.24, 2.45) is 0 Å². The van der Waals surface area contributed by atoms with Crippen molar-refractivity contribution in [3.63, 3.8) is 0 Å². The van der Waals surface area contributed by atoms with E-state index in [-0.39, 0.29) is 11.9 Å². The summed E-state index contributed by atoms with van der Waals surface area (Å²) in [6, 6.07) is 7.24. The van der Waals surface area contributed by atoms with Crippen LogP contribution in [-0.4, -0.2) is 16.7 Å². The Bertz CT molecular complexity index is 548. The van der Waals surface area contributed by atoms with E-state index >= 15 is 0 Å². The molecule has 1 unspecified atom stereocenters. The highest BCUT2D eigenvalue weighted by Gasteiger charge is 2.12. The first-order valence-electron chi connectivity index (χ1n) is 6.64. The van der Waals surface area contributed by atoms with Gasteiger partial charge >= 0.3 is 0 Å². The van der Waals surface area contributed by atoms with Crippen LogP contribution < -0.4 is 5.32 Å². The third-order valence-corrected chi connectivity index (χ3v) is 3.68. The minimum Gasteiger partial charge on any atom is -0.310 e. The number of aromatic nitrogens is 2. The zero-order valence-corrected chi connectivity index (χ0v) is 12.9. The Hall–Kier alpha value is -1.33. The van der Waals surface area contributed by atoms with E-state index in [0.29, 0.717) is 4.47 Å². The second kappa shape index (κ2) is 7.45.